The molecule has 0 unspecified atom stereocenters. The van der Waals surface area contributed by atoms with E-state index in [1.165, 1.54) is 0 Å². The molecule has 0 spiro atoms. The number of hydrogen-bond acceptors (Lipinski definition) is 6. The first-order valence-corrected chi connectivity index (χ1v) is 6.86. The van der Waals surface area contributed by atoms with Crippen molar-refractivity contribution in [2.45, 2.75) is 6.92 Å². The van der Waals surface area contributed by atoms with Crippen molar-refractivity contribution >= 4 is 11.7 Å². The minimum Gasteiger partial charge on any atom is -0.454 e. The molecule has 0 saturated carbocycles. The van der Waals surface area contributed by atoms with Crippen LogP contribution >= 0.6 is 0 Å². The molecular weight excluding hydrogens is 282 g/mol. The molecule has 22 heavy (non-hydrogen) atoms. The van der Waals surface area contributed by atoms with Crippen molar-refractivity contribution in [3.8, 4) is 23.0 Å². The maximum atomic E-state index is 5.67. The first kappa shape index (κ1) is 12.7. The molecule has 0 saturated heterocycles. The first-order chi connectivity index (χ1) is 10.8. The van der Waals surface area contributed by atoms with E-state index >= 15 is 0 Å². The van der Waals surface area contributed by atoms with Crippen LogP contribution in [0.2, 0.25) is 0 Å². The maximum Gasteiger partial charge on any atom is 0.320 e. The van der Waals surface area contributed by atoms with E-state index in [-0.39, 0.29) is 6.79 Å². The Kier molecular flexibility index (Phi) is 2.93. The average molecular weight is 295 g/mol. The van der Waals surface area contributed by atoms with E-state index in [0.29, 0.717) is 17.7 Å². The molecule has 0 radical (unpaired) electrons. The summed E-state index contributed by atoms with van der Waals surface area (Å²) in [4.78, 5) is 0. The maximum absolute atomic E-state index is 5.67. The Bertz CT molecular complexity index is 829. The summed E-state index contributed by atoms with van der Waals surface area (Å²) < 4.78 is 16.3. The Labute approximate surface area is 126 Å². The van der Waals surface area contributed by atoms with Crippen molar-refractivity contribution < 1.29 is 13.9 Å². The second-order valence-corrected chi connectivity index (χ2v) is 4.92. The monoisotopic (exact) mass is 295 g/mol. The van der Waals surface area contributed by atoms with Gasteiger partial charge in [-0.1, -0.05) is 23.3 Å². The highest BCUT2D eigenvalue weighted by Gasteiger charge is 2.15. The number of fused-ring (bicyclic) bond motifs is 1. The molecule has 4 rings (SSSR count). The molecule has 3 aromatic rings. The van der Waals surface area contributed by atoms with Crippen LogP contribution < -0.4 is 14.8 Å². The van der Waals surface area contributed by atoms with Crippen LogP contribution in [0.3, 0.4) is 0 Å². The summed E-state index contributed by atoms with van der Waals surface area (Å²) in [6.07, 6.45) is 0. The second-order valence-electron chi connectivity index (χ2n) is 4.92. The fourth-order valence-electron chi connectivity index (χ4n) is 2.29. The van der Waals surface area contributed by atoms with E-state index < -0.39 is 0 Å². The van der Waals surface area contributed by atoms with Crippen LogP contribution in [-0.4, -0.2) is 17.0 Å². The third kappa shape index (κ3) is 2.24. The average Bonchev–Trinajstić information content (AvgIpc) is 3.16. The van der Waals surface area contributed by atoms with Gasteiger partial charge in [0.05, 0.1) is 0 Å². The fourth-order valence-corrected chi connectivity index (χ4v) is 2.29. The molecule has 110 valence electrons. The number of nitrogens with one attached hydrogen (secondary N) is 1. The van der Waals surface area contributed by atoms with Gasteiger partial charge in [0.15, 0.2) is 11.5 Å². The number of aromatic nitrogens is 2. The lowest BCUT2D eigenvalue weighted by atomic mass is 10.1. The standard InChI is InChI=1S/C16H13N3O3/c1-10-4-2-3-5-12(10)15-18-19-16(22-15)17-11-6-7-13-14(8-11)21-9-20-13/h2-8H,9H2,1H3,(H,17,19). The highest BCUT2D eigenvalue weighted by molar-refractivity contribution is 5.62. The lowest BCUT2D eigenvalue weighted by molar-refractivity contribution is 0.174. The molecule has 0 bridgehead atoms. The van der Waals surface area contributed by atoms with Gasteiger partial charge >= 0.3 is 6.01 Å². The molecule has 6 nitrogen and oxygen atoms in total. The predicted octanol–water partition coefficient (Wildman–Crippen LogP) is 3.52. The normalized spacial score (nSPS) is 12.4. The van der Waals surface area contributed by atoms with Crippen LogP contribution in [0.15, 0.2) is 46.9 Å². The topological polar surface area (TPSA) is 69.4 Å². The van der Waals surface area contributed by atoms with Gasteiger partial charge in [0, 0.05) is 17.3 Å². The van der Waals surface area contributed by atoms with E-state index in [0.717, 1.165) is 22.6 Å². The van der Waals surface area contributed by atoms with Gasteiger partial charge in [0.2, 0.25) is 12.7 Å². The predicted molar refractivity (Wildman–Crippen MR) is 80.3 cm³/mol. The summed E-state index contributed by atoms with van der Waals surface area (Å²) in [5.41, 5.74) is 2.80. The van der Waals surface area contributed by atoms with Crippen molar-refractivity contribution in [1.82, 2.24) is 10.2 Å². The fraction of sp³-hybridized carbons (Fsp3) is 0.125. The first-order valence-electron chi connectivity index (χ1n) is 6.86. The Morgan fingerprint density at radius 3 is 2.77 bits per heavy atom. The van der Waals surface area contributed by atoms with Gasteiger partial charge < -0.3 is 19.2 Å². The molecule has 0 atom stereocenters. The smallest absolute Gasteiger partial charge is 0.320 e. The molecule has 1 aliphatic rings. The SMILES string of the molecule is Cc1ccccc1-c1nnc(Nc2ccc3c(c2)OCO3)o1. The highest BCUT2D eigenvalue weighted by atomic mass is 16.7. The summed E-state index contributed by atoms with van der Waals surface area (Å²) in [6, 6.07) is 13.7. The van der Waals surface area contributed by atoms with Crippen molar-refractivity contribution in [3.63, 3.8) is 0 Å². The molecule has 6 heteroatoms. The number of anilines is 2. The number of rotatable bonds is 3. The van der Waals surface area contributed by atoms with Gasteiger partial charge in [0.1, 0.15) is 0 Å². The number of hydrogen-bond donors (Lipinski definition) is 1. The second kappa shape index (κ2) is 5.07. The Morgan fingerprint density at radius 2 is 1.86 bits per heavy atom. The zero-order valence-corrected chi connectivity index (χ0v) is 11.9. The van der Waals surface area contributed by atoms with Gasteiger partial charge in [-0.05, 0) is 30.7 Å². The van der Waals surface area contributed by atoms with E-state index in [1.807, 2.05) is 49.4 Å². The molecule has 2 aromatic carbocycles. The van der Waals surface area contributed by atoms with E-state index in [4.69, 9.17) is 13.9 Å². The van der Waals surface area contributed by atoms with Crippen molar-refractivity contribution in [3.05, 3.63) is 48.0 Å². The van der Waals surface area contributed by atoms with Crippen LogP contribution in [0.4, 0.5) is 11.7 Å². The van der Waals surface area contributed by atoms with E-state index in [9.17, 15) is 0 Å². The van der Waals surface area contributed by atoms with E-state index in [2.05, 4.69) is 15.5 Å². The molecule has 1 aliphatic heterocycles. The van der Waals surface area contributed by atoms with Crippen LogP contribution in [0.25, 0.3) is 11.5 Å². The molecule has 2 heterocycles. The van der Waals surface area contributed by atoms with Gasteiger partial charge in [-0.15, -0.1) is 5.10 Å². The van der Waals surface area contributed by atoms with Crippen molar-refractivity contribution in [2.24, 2.45) is 0 Å². The summed E-state index contributed by atoms with van der Waals surface area (Å²) in [6.45, 7) is 2.25. The van der Waals surface area contributed by atoms with Crippen LogP contribution in [0, 0.1) is 6.92 Å². The van der Waals surface area contributed by atoms with Gasteiger partial charge in [-0.2, -0.15) is 0 Å². The largest absolute Gasteiger partial charge is 0.454 e. The molecule has 0 aliphatic carbocycles. The van der Waals surface area contributed by atoms with Crippen LogP contribution in [0.5, 0.6) is 11.5 Å². The highest BCUT2D eigenvalue weighted by Crippen LogP contribution is 2.35. The minimum atomic E-state index is 0.247. The van der Waals surface area contributed by atoms with E-state index in [1.54, 1.807) is 0 Å². The Balaban J connectivity index is 1.59. The molecular formula is C16H13N3O3. The summed E-state index contributed by atoms with van der Waals surface area (Å²) in [5, 5.41) is 11.2. The van der Waals surface area contributed by atoms with Gasteiger partial charge in [0.25, 0.3) is 0 Å². The molecule has 1 aromatic heterocycles. The molecule has 0 amide bonds. The Morgan fingerprint density at radius 1 is 1.00 bits per heavy atom. The number of ether oxygens (including phenoxy) is 2. The number of nitrogens with zero attached hydrogens (tertiary/aromatic N) is 2. The number of benzene rings is 2. The van der Waals surface area contributed by atoms with Gasteiger partial charge in [-0.25, -0.2) is 0 Å². The lowest BCUT2D eigenvalue weighted by Gasteiger charge is -2.02. The third-order valence-corrected chi connectivity index (χ3v) is 3.42. The quantitative estimate of drug-likeness (QED) is 0.797. The zero-order valence-electron chi connectivity index (χ0n) is 11.9. The molecule has 0 fully saturated rings. The minimum absolute atomic E-state index is 0.247. The van der Waals surface area contributed by atoms with Gasteiger partial charge in [-0.3, -0.25) is 0 Å². The van der Waals surface area contributed by atoms with Crippen molar-refractivity contribution in [2.75, 3.05) is 12.1 Å². The van der Waals surface area contributed by atoms with Crippen LogP contribution in [0.1, 0.15) is 5.56 Å². The summed E-state index contributed by atoms with van der Waals surface area (Å²) in [5.74, 6) is 1.92. The third-order valence-electron chi connectivity index (χ3n) is 3.42. The zero-order chi connectivity index (χ0) is 14.9. The van der Waals surface area contributed by atoms with Crippen LogP contribution in [-0.2, 0) is 0 Å². The number of aryl methyl sites for hydroxylation is 1. The Hall–Kier alpha value is -3.02. The summed E-state index contributed by atoms with van der Waals surface area (Å²) in [7, 11) is 0. The lowest BCUT2D eigenvalue weighted by Crippen LogP contribution is -1.93. The van der Waals surface area contributed by atoms with Crippen molar-refractivity contribution in [1.29, 1.82) is 0 Å². The summed E-state index contributed by atoms with van der Waals surface area (Å²) >= 11 is 0. The molecule has 1 N–H and O–H groups in total.